The second-order valence-electron chi connectivity index (χ2n) is 7.92. The minimum Gasteiger partial charge on any atom is -0.369 e. The largest absolute Gasteiger partial charge is 0.369 e. The first-order valence-electron chi connectivity index (χ1n) is 10.8. The van der Waals surface area contributed by atoms with E-state index in [1.807, 2.05) is 18.2 Å². The van der Waals surface area contributed by atoms with Gasteiger partial charge in [-0.25, -0.2) is 0 Å². The first-order valence-corrected chi connectivity index (χ1v) is 10.8. The number of benzene rings is 2. The molecule has 1 amide bonds. The van der Waals surface area contributed by atoms with Gasteiger partial charge in [0.05, 0.1) is 12.1 Å². The van der Waals surface area contributed by atoms with E-state index in [0.29, 0.717) is 0 Å². The Hall–Kier alpha value is -2.88. The zero-order valence-corrected chi connectivity index (χ0v) is 17.3. The summed E-state index contributed by atoms with van der Waals surface area (Å²) in [6, 6.07) is 18.5. The van der Waals surface area contributed by atoms with Crippen LogP contribution in [0.4, 0.5) is 11.4 Å². The molecule has 0 saturated carbocycles. The monoisotopic (exact) mass is 403 g/mol. The number of rotatable bonds is 5. The molecule has 1 atom stereocenters. The molecule has 2 aliphatic heterocycles. The molecular weight excluding hydrogens is 374 g/mol. The maximum Gasteiger partial charge on any atom is 0.245 e. The first-order chi connectivity index (χ1) is 14.8. The van der Waals surface area contributed by atoms with Crippen LogP contribution in [0, 0.1) is 11.3 Å². The highest BCUT2D eigenvalue weighted by Crippen LogP contribution is 2.28. The van der Waals surface area contributed by atoms with E-state index in [2.05, 4.69) is 51.9 Å². The lowest BCUT2D eigenvalue weighted by atomic mass is 10.0. The molecule has 6 nitrogen and oxygen atoms in total. The van der Waals surface area contributed by atoms with Crippen LogP contribution in [-0.4, -0.2) is 51.2 Å². The molecule has 2 saturated heterocycles. The van der Waals surface area contributed by atoms with E-state index in [4.69, 9.17) is 0 Å². The Labute approximate surface area is 178 Å². The molecule has 0 bridgehead atoms. The molecule has 6 heteroatoms. The number of carbonyl (C=O) groups is 1. The van der Waals surface area contributed by atoms with Crippen LogP contribution < -0.4 is 20.4 Å². The summed E-state index contributed by atoms with van der Waals surface area (Å²) in [7, 11) is 0. The van der Waals surface area contributed by atoms with Gasteiger partial charge in [0.1, 0.15) is 6.54 Å². The van der Waals surface area contributed by atoms with Crippen LogP contribution in [0.25, 0.3) is 11.1 Å². The maximum atomic E-state index is 13.1. The number of piperazine rings is 1. The Kier molecular flexibility index (Phi) is 6.63. The summed E-state index contributed by atoms with van der Waals surface area (Å²) in [5.74, 6) is -0.0116. The number of amides is 1. The maximum absolute atomic E-state index is 13.1. The fourth-order valence-electron chi connectivity index (χ4n) is 4.26. The number of nitrogens with one attached hydrogen (secondary N) is 2. The normalized spacial score (nSPS) is 19.2. The quantitative estimate of drug-likeness (QED) is 0.751. The molecule has 2 aromatic rings. The SMILES string of the molecule is N#CCN(C(=O)C1CCCCN1)c1cccc(-c2ccc(N3CCNCC3)cc2)c1. The summed E-state index contributed by atoms with van der Waals surface area (Å²) in [6.45, 7) is 4.99. The average molecular weight is 404 g/mol. The summed E-state index contributed by atoms with van der Waals surface area (Å²) in [5, 5.41) is 16.0. The predicted molar refractivity (Wildman–Crippen MR) is 121 cm³/mol. The van der Waals surface area contributed by atoms with Crippen molar-refractivity contribution >= 4 is 17.3 Å². The molecule has 0 radical (unpaired) electrons. The van der Waals surface area contributed by atoms with E-state index >= 15 is 0 Å². The van der Waals surface area contributed by atoms with E-state index < -0.39 is 0 Å². The molecule has 30 heavy (non-hydrogen) atoms. The first kappa shape index (κ1) is 20.4. The highest BCUT2D eigenvalue weighted by atomic mass is 16.2. The number of nitrogens with zero attached hydrogens (tertiary/aromatic N) is 3. The van der Waals surface area contributed by atoms with Gasteiger partial charge in [0.15, 0.2) is 0 Å². The van der Waals surface area contributed by atoms with Gasteiger partial charge < -0.3 is 15.5 Å². The van der Waals surface area contributed by atoms with Crippen LogP contribution in [-0.2, 0) is 4.79 Å². The van der Waals surface area contributed by atoms with Gasteiger partial charge in [-0.05, 0) is 54.8 Å². The zero-order valence-electron chi connectivity index (χ0n) is 17.3. The van der Waals surface area contributed by atoms with Crippen molar-refractivity contribution in [2.75, 3.05) is 49.1 Å². The van der Waals surface area contributed by atoms with E-state index in [1.165, 1.54) is 5.69 Å². The van der Waals surface area contributed by atoms with E-state index in [9.17, 15) is 10.1 Å². The van der Waals surface area contributed by atoms with Crippen molar-refractivity contribution in [2.45, 2.75) is 25.3 Å². The third-order valence-corrected chi connectivity index (χ3v) is 5.94. The molecule has 2 fully saturated rings. The third kappa shape index (κ3) is 4.64. The summed E-state index contributed by atoms with van der Waals surface area (Å²) < 4.78 is 0. The molecule has 2 aliphatic rings. The van der Waals surface area contributed by atoms with Gasteiger partial charge in [-0.1, -0.05) is 30.7 Å². The molecule has 2 N–H and O–H groups in total. The number of hydrogen-bond donors (Lipinski definition) is 2. The second kappa shape index (κ2) is 9.75. The molecule has 1 unspecified atom stereocenters. The smallest absolute Gasteiger partial charge is 0.245 e. The fourth-order valence-corrected chi connectivity index (χ4v) is 4.26. The van der Waals surface area contributed by atoms with Crippen molar-refractivity contribution in [3.63, 3.8) is 0 Å². The lowest BCUT2D eigenvalue weighted by Gasteiger charge is -2.29. The molecule has 0 aromatic heterocycles. The lowest BCUT2D eigenvalue weighted by molar-refractivity contribution is -0.121. The van der Waals surface area contributed by atoms with Gasteiger partial charge in [0.2, 0.25) is 5.91 Å². The van der Waals surface area contributed by atoms with Crippen molar-refractivity contribution < 1.29 is 4.79 Å². The summed E-state index contributed by atoms with van der Waals surface area (Å²) in [4.78, 5) is 17.1. The zero-order chi connectivity index (χ0) is 20.8. The van der Waals surface area contributed by atoms with Crippen molar-refractivity contribution in [1.29, 1.82) is 5.26 Å². The number of hydrogen-bond acceptors (Lipinski definition) is 5. The van der Waals surface area contributed by atoms with Crippen LogP contribution >= 0.6 is 0 Å². The fraction of sp³-hybridized carbons (Fsp3) is 0.417. The predicted octanol–water partition coefficient (Wildman–Crippen LogP) is 2.76. The van der Waals surface area contributed by atoms with E-state index in [0.717, 1.165) is 68.8 Å². The minimum atomic E-state index is -0.200. The van der Waals surface area contributed by atoms with Gasteiger partial charge in [-0.15, -0.1) is 0 Å². The summed E-state index contributed by atoms with van der Waals surface area (Å²) >= 11 is 0. The molecule has 0 aliphatic carbocycles. The Morgan fingerprint density at radius 3 is 2.57 bits per heavy atom. The molecule has 2 heterocycles. The Bertz CT molecular complexity index is 893. The lowest BCUT2D eigenvalue weighted by Crippen LogP contribution is -2.49. The number of nitriles is 1. The number of piperidine rings is 1. The standard InChI is InChI=1S/C24H29N5O/c25-11-15-29(24(30)23-6-1-2-12-27-23)22-5-3-4-20(18-22)19-7-9-21(10-8-19)28-16-13-26-14-17-28/h3-5,7-10,18,23,26-27H,1-2,6,12-17H2. The highest BCUT2D eigenvalue weighted by Gasteiger charge is 2.26. The van der Waals surface area contributed by atoms with E-state index in [1.54, 1.807) is 4.90 Å². The minimum absolute atomic E-state index is 0.0116. The van der Waals surface area contributed by atoms with Crippen LogP contribution in [0.1, 0.15) is 19.3 Å². The van der Waals surface area contributed by atoms with Crippen LogP contribution in [0.2, 0.25) is 0 Å². The molecule has 156 valence electrons. The molecular formula is C24H29N5O. The second-order valence-corrected chi connectivity index (χ2v) is 7.92. The number of anilines is 2. The van der Waals surface area contributed by atoms with Crippen LogP contribution in [0.15, 0.2) is 48.5 Å². The van der Waals surface area contributed by atoms with Crippen LogP contribution in [0.3, 0.4) is 0 Å². The van der Waals surface area contributed by atoms with E-state index in [-0.39, 0.29) is 18.5 Å². The van der Waals surface area contributed by atoms with Gasteiger partial charge in [-0.2, -0.15) is 5.26 Å². The van der Waals surface area contributed by atoms with Crippen LogP contribution in [0.5, 0.6) is 0 Å². The van der Waals surface area contributed by atoms with Crippen molar-refractivity contribution in [3.8, 4) is 17.2 Å². The highest BCUT2D eigenvalue weighted by molar-refractivity contribution is 5.98. The van der Waals surface area contributed by atoms with Gasteiger partial charge in [-0.3, -0.25) is 9.69 Å². The summed E-state index contributed by atoms with van der Waals surface area (Å²) in [5.41, 5.74) is 4.17. The Morgan fingerprint density at radius 2 is 1.87 bits per heavy atom. The molecule has 4 rings (SSSR count). The Morgan fingerprint density at radius 1 is 1.07 bits per heavy atom. The van der Waals surface area contributed by atoms with Gasteiger partial charge in [0.25, 0.3) is 0 Å². The van der Waals surface area contributed by atoms with Crippen molar-refractivity contribution in [3.05, 3.63) is 48.5 Å². The topological polar surface area (TPSA) is 71.4 Å². The van der Waals surface area contributed by atoms with Crippen molar-refractivity contribution in [1.82, 2.24) is 10.6 Å². The Balaban J connectivity index is 1.54. The average Bonchev–Trinajstić information content (AvgIpc) is 2.83. The van der Waals surface area contributed by atoms with Crippen molar-refractivity contribution in [2.24, 2.45) is 0 Å². The molecule has 2 aromatic carbocycles. The summed E-state index contributed by atoms with van der Waals surface area (Å²) in [6.07, 6.45) is 2.97. The third-order valence-electron chi connectivity index (χ3n) is 5.94. The van der Waals surface area contributed by atoms with Gasteiger partial charge >= 0.3 is 0 Å². The number of carbonyl (C=O) groups excluding carboxylic acids is 1. The van der Waals surface area contributed by atoms with Gasteiger partial charge in [0, 0.05) is 37.6 Å². The molecule has 0 spiro atoms.